The van der Waals surface area contributed by atoms with Crippen molar-refractivity contribution < 1.29 is 22.7 Å². The number of carbonyl (C=O) groups excluding carboxylic acids is 1. The number of fused-ring (bicyclic) bond motifs is 1. The van der Waals surface area contributed by atoms with Crippen molar-refractivity contribution in [1.29, 1.82) is 0 Å². The molecule has 4 rings (SSSR count). The van der Waals surface area contributed by atoms with Crippen molar-refractivity contribution in [3.8, 4) is 11.4 Å². The van der Waals surface area contributed by atoms with Crippen molar-refractivity contribution in [2.75, 3.05) is 19.8 Å². The van der Waals surface area contributed by atoms with Crippen molar-refractivity contribution in [2.45, 2.75) is 31.7 Å². The average Bonchev–Trinajstić information content (AvgIpc) is 3.19. The Morgan fingerprint density at radius 2 is 1.76 bits per heavy atom. The fourth-order valence-corrected chi connectivity index (χ4v) is 5.32. The van der Waals surface area contributed by atoms with E-state index in [1.807, 2.05) is 6.92 Å². The molecule has 0 fully saturated rings. The summed E-state index contributed by atoms with van der Waals surface area (Å²) in [6.45, 7) is 4.53. The summed E-state index contributed by atoms with van der Waals surface area (Å²) in [6, 6.07) is 13.4. The summed E-state index contributed by atoms with van der Waals surface area (Å²) >= 11 is 6.01. The predicted octanol–water partition coefficient (Wildman–Crippen LogP) is 3.85. The molecule has 2 heterocycles. The zero-order chi connectivity index (χ0) is 23.6. The Morgan fingerprint density at radius 3 is 2.39 bits per heavy atom. The molecule has 174 valence electrons. The van der Waals surface area contributed by atoms with E-state index in [1.54, 1.807) is 48.0 Å². The molecule has 0 aliphatic carbocycles. The summed E-state index contributed by atoms with van der Waals surface area (Å²) in [4.78, 5) is 12.8. The van der Waals surface area contributed by atoms with Crippen LogP contribution in [0, 0.1) is 0 Å². The van der Waals surface area contributed by atoms with E-state index in [0.717, 1.165) is 11.4 Å². The number of esters is 1. The zero-order valence-corrected chi connectivity index (χ0v) is 19.9. The molecule has 0 amide bonds. The number of sulfonamides is 1. The summed E-state index contributed by atoms with van der Waals surface area (Å²) in [6.07, 6.45) is 0.390. The number of halogens is 1. The van der Waals surface area contributed by atoms with Gasteiger partial charge in [0, 0.05) is 30.1 Å². The second-order valence-electron chi connectivity index (χ2n) is 7.38. The molecular weight excluding hydrogens is 466 g/mol. The molecule has 3 aromatic rings. The van der Waals surface area contributed by atoms with Crippen molar-refractivity contribution in [3.63, 3.8) is 0 Å². The third kappa shape index (κ3) is 4.62. The minimum Gasteiger partial charge on any atom is -0.494 e. The van der Waals surface area contributed by atoms with E-state index in [1.165, 1.54) is 16.4 Å². The van der Waals surface area contributed by atoms with E-state index in [2.05, 4.69) is 5.10 Å². The molecule has 0 radical (unpaired) electrons. The molecule has 0 N–H and O–H groups in total. The SMILES string of the molecule is CCOC(=O)c1nn(-c2ccc(Cl)cc2)c2c1CN(S(=O)(=O)c1ccc(OCC)cc1)CC2. The average molecular weight is 490 g/mol. The molecule has 1 aliphatic rings. The zero-order valence-electron chi connectivity index (χ0n) is 18.3. The lowest BCUT2D eigenvalue weighted by molar-refractivity contribution is 0.0517. The first-order chi connectivity index (χ1) is 15.8. The van der Waals surface area contributed by atoms with Gasteiger partial charge in [-0.2, -0.15) is 9.40 Å². The van der Waals surface area contributed by atoms with Gasteiger partial charge in [-0.25, -0.2) is 17.9 Å². The summed E-state index contributed by atoms with van der Waals surface area (Å²) in [5.41, 5.74) is 2.17. The van der Waals surface area contributed by atoms with E-state index in [0.29, 0.717) is 29.4 Å². The maximum absolute atomic E-state index is 13.3. The Balaban J connectivity index is 1.71. The first-order valence-corrected chi connectivity index (χ1v) is 12.4. The van der Waals surface area contributed by atoms with E-state index in [9.17, 15) is 13.2 Å². The quantitative estimate of drug-likeness (QED) is 0.468. The van der Waals surface area contributed by atoms with Crippen LogP contribution in [0.2, 0.25) is 5.02 Å². The largest absolute Gasteiger partial charge is 0.494 e. The number of hydrogen-bond acceptors (Lipinski definition) is 6. The van der Waals surface area contributed by atoms with Crippen LogP contribution in [0.4, 0.5) is 0 Å². The summed E-state index contributed by atoms with van der Waals surface area (Å²) in [5, 5.41) is 5.07. The fraction of sp³-hybridized carbons (Fsp3) is 0.304. The highest BCUT2D eigenvalue weighted by Crippen LogP contribution is 2.30. The van der Waals surface area contributed by atoms with Crippen LogP contribution in [0.1, 0.15) is 35.6 Å². The van der Waals surface area contributed by atoms with Crippen molar-refractivity contribution in [3.05, 3.63) is 70.5 Å². The van der Waals surface area contributed by atoms with Crippen LogP contribution in [-0.4, -0.2) is 48.2 Å². The van der Waals surface area contributed by atoms with Crippen LogP contribution in [0.3, 0.4) is 0 Å². The second kappa shape index (κ2) is 9.54. The van der Waals surface area contributed by atoms with Gasteiger partial charge in [-0.15, -0.1) is 0 Å². The third-order valence-electron chi connectivity index (χ3n) is 5.33. The van der Waals surface area contributed by atoms with Crippen LogP contribution in [0.5, 0.6) is 5.75 Å². The standard InChI is InChI=1S/C23H24ClN3O5S/c1-3-31-18-9-11-19(12-10-18)33(29,30)26-14-13-21-20(15-26)22(23(28)32-4-2)25-27(21)17-7-5-16(24)6-8-17/h5-12H,3-4,13-15H2,1-2H3. The molecule has 0 saturated heterocycles. The highest BCUT2D eigenvalue weighted by Gasteiger charge is 2.34. The maximum Gasteiger partial charge on any atom is 0.359 e. The molecule has 33 heavy (non-hydrogen) atoms. The number of ether oxygens (including phenoxy) is 2. The number of aromatic nitrogens is 2. The maximum atomic E-state index is 13.3. The number of hydrogen-bond donors (Lipinski definition) is 0. The van der Waals surface area contributed by atoms with Crippen LogP contribution < -0.4 is 4.74 Å². The third-order valence-corrected chi connectivity index (χ3v) is 7.45. The van der Waals surface area contributed by atoms with Gasteiger partial charge >= 0.3 is 5.97 Å². The molecule has 10 heteroatoms. The van der Waals surface area contributed by atoms with Crippen molar-refractivity contribution >= 4 is 27.6 Å². The van der Waals surface area contributed by atoms with Gasteiger partial charge in [0.05, 0.1) is 29.5 Å². The minimum absolute atomic E-state index is 0.0205. The molecule has 1 aliphatic heterocycles. The summed E-state index contributed by atoms with van der Waals surface area (Å²) in [5.74, 6) is 0.0213. The van der Waals surface area contributed by atoms with Gasteiger partial charge in [-0.1, -0.05) is 11.6 Å². The predicted molar refractivity (Wildman–Crippen MR) is 123 cm³/mol. The molecule has 2 aromatic carbocycles. The smallest absolute Gasteiger partial charge is 0.359 e. The Hall–Kier alpha value is -2.88. The highest BCUT2D eigenvalue weighted by molar-refractivity contribution is 7.89. The highest BCUT2D eigenvalue weighted by atomic mass is 35.5. The van der Waals surface area contributed by atoms with E-state index in [4.69, 9.17) is 21.1 Å². The lowest BCUT2D eigenvalue weighted by Crippen LogP contribution is -2.36. The monoisotopic (exact) mass is 489 g/mol. The molecule has 0 bridgehead atoms. The van der Waals surface area contributed by atoms with Crippen molar-refractivity contribution in [1.82, 2.24) is 14.1 Å². The van der Waals surface area contributed by atoms with E-state index >= 15 is 0 Å². The van der Waals surface area contributed by atoms with Crippen LogP contribution in [0.25, 0.3) is 5.69 Å². The lowest BCUT2D eigenvalue weighted by Gasteiger charge is -2.27. The minimum atomic E-state index is -3.78. The van der Waals surface area contributed by atoms with E-state index in [-0.39, 0.29) is 30.3 Å². The number of nitrogens with zero attached hydrogens (tertiary/aromatic N) is 3. The lowest BCUT2D eigenvalue weighted by atomic mass is 10.1. The van der Waals surface area contributed by atoms with Crippen LogP contribution >= 0.6 is 11.6 Å². The van der Waals surface area contributed by atoms with Gasteiger partial charge in [0.1, 0.15) is 5.75 Å². The van der Waals surface area contributed by atoms with Gasteiger partial charge in [-0.05, 0) is 62.4 Å². The second-order valence-corrected chi connectivity index (χ2v) is 9.75. The van der Waals surface area contributed by atoms with E-state index < -0.39 is 16.0 Å². The van der Waals surface area contributed by atoms with Gasteiger partial charge in [0.2, 0.25) is 10.0 Å². The number of carbonyl (C=O) groups is 1. The van der Waals surface area contributed by atoms with Gasteiger partial charge in [-0.3, -0.25) is 0 Å². The summed E-state index contributed by atoms with van der Waals surface area (Å²) < 4.78 is 40.2. The van der Waals surface area contributed by atoms with Crippen LogP contribution in [-0.2, 0) is 27.7 Å². The van der Waals surface area contributed by atoms with Gasteiger partial charge in [0.15, 0.2) is 5.69 Å². The molecule has 0 atom stereocenters. The normalized spacial score (nSPS) is 14.0. The molecule has 0 spiro atoms. The van der Waals surface area contributed by atoms with Gasteiger partial charge in [0.25, 0.3) is 0 Å². The fourth-order valence-electron chi connectivity index (χ4n) is 3.78. The summed E-state index contributed by atoms with van der Waals surface area (Å²) in [7, 11) is -3.78. The Bertz CT molecular complexity index is 1250. The Morgan fingerprint density at radius 1 is 1.06 bits per heavy atom. The van der Waals surface area contributed by atoms with Gasteiger partial charge < -0.3 is 9.47 Å². The van der Waals surface area contributed by atoms with Crippen molar-refractivity contribution in [2.24, 2.45) is 0 Å². The Kier molecular flexibility index (Phi) is 6.73. The first-order valence-electron chi connectivity index (χ1n) is 10.6. The molecule has 0 saturated carbocycles. The molecular formula is C23H24ClN3O5S. The topological polar surface area (TPSA) is 90.7 Å². The molecule has 1 aromatic heterocycles. The molecule has 8 nitrogen and oxygen atoms in total. The number of benzene rings is 2. The Labute approximate surface area is 197 Å². The van der Waals surface area contributed by atoms with Crippen LogP contribution in [0.15, 0.2) is 53.4 Å². The molecule has 0 unspecified atom stereocenters. The first kappa shape index (κ1) is 23.3. The number of rotatable bonds is 7.